The Labute approximate surface area is 85.4 Å². The van der Waals surface area contributed by atoms with Crippen LogP contribution in [0.5, 0.6) is 0 Å². The van der Waals surface area contributed by atoms with E-state index in [1.165, 1.54) is 6.07 Å². The first-order valence-corrected chi connectivity index (χ1v) is 4.75. The summed E-state index contributed by atoms with van der Waals surface area (Å²) in [5.74, 6) is 0. The third-order valence-corrected chi connectivity index (χ3v) is 2.40. The summed E-state index contributed by atoms with van der Waals surface area (Å²) in [4.78, 5) is 0. The molecule has 1 fully saturated rings. The molecule has 0 amide bonds. The molecule has 0 spiro atoms. The molecule has 0 saturated carbocycles. The summed E-state index contributed by atoms with van der Waals surface area (Å²) in [5.41, 5.74) is 1.43. The van der Waals surface area contributed by atoms with Gasteiger partial charge in [-0.1, -0.05) is 6.07 Å². The van der Waals surface area contributed by atoms with E-state index < -0.39 is 6.01 Å². The molecule has 2 heterocycles. The Morgan fingerprint density at radius 1 is 1.13 bits per heavy atom. The van der Waals surface area contributed by atoms with Gasteiger partial charge in [0.15, 0.2) is 6.29 Å². The fourth-order valence-electron chi connectivity index (χ4n) is 1.73. The van der Waals surface area contributed by atoms with Crippen molar-refractivity contribution < 1.29 is 18.3 Å². The van der Waals surface area contributed by atoms with E-state index in [0.29, 0.717) is 18.8 Å². The Morgan fingerprint density at radius 2 is 1.93 bits per heavy atom. The van der Waals surface area contributed by atoms with Crippen molar-refractivity contribution in [3.63, 3.8) is 0 Å². The Morgan fingerprint density at radius 3 is 2.73 bits per heavy atom. The zero-order valence-corrected chi connectivity index (χ0v) is 7.90. The second kappa shape index (κ2) is 3.32. The van der Waals surface area contributed by atoms with Crippen LogP contribution >= 0.6 is 0 Å². The molecule has 0 aliphatic carbocycles. The summed E-state index contributed by atoms with van der Waals surface area (Å²) in [5, 5.41) is 0.726. The molecule has 78 valence electrons. The fraction of sp³-hybridized carbons (Fsp3) is 0.273. The first kappa shape index (κ1) is 8.88. The molecular weight excluding hydrogens is 199 g/mol. The number of rotatable bonds is 1. The van der Waals surface area contributed by atoms with Gasteiger partial charge < -0.3 is 13.9 Å². The smallest absolute Gasteiger partial charge is 0.278 e. The SMILES string of the molecule is Fc1cc2cc(C3OCCO3)ccc2o1. The molecule has 1 aliphatic heterocycles. The van der Waals surface area contributed by atoms with E-state index in [1.54, 1.807) is 6.07 Å². The highest BCUT2D eigenvalue weighted by atomic mass is 19.1. The monoisotopic (exact) mass is 208 g/mol. The van der Waals surface area contributed by atoms with Gasteiger partial charge in [-0.3, -0.25) is 0 Å². The predicted molar refractivity (Wildman–Crippen MR) is 50.8 cm³/mol. The van der Waals surface area contributed by atoms with Gasteiger partial charge in [0.2, 0.25) is 0 Å². The molecule has 0 bridgehead atoms. The zero-order valence-electron chi connectivity index (χ0n) is 7.90. The van der Waals surface area contributed by atoms with E-state index in [0.717, 1.165) is 10.9 Å². The topological polar surface area (TPSA) is 31.6 Å². The number of hydrogen-bond donors (Lipinski definition) is 0. The molecule has 0 atom stereocenters. The molecule has 2 aromatic rings. The molecule has 1 aliphatic rings. The molecule has 3 rings (SSSR count). The molecule has 3 nitrogen and oxygen atoms in total. The third-order valence-electron chi connectivity index (χ3n) is 2.40. The highest BCUT2D eigenvalue weighted by Gasteiger charge is 2.18. The van der Waals surface area contributed by atoms with Crippen LogP contribution in [-0.2, 0) is 9.47 Å². The van der Waals surface area contributed by atoms with Crippen LogP contribution < -0.4 is 0 Å². The van der Waals surface area contributed by atoms with E-state index >= 15 is 0 Å². The van der Waals surface area contributed by atoms with Gasteiger partial charge in [-0.15, -0.1) is 0 Å². The largest absolute Gasteiger partial charge is 0.431 e. The van der Waals surface area contributed by atoms with Crippen molar-refractivity contribution in [2.24, 2.45) is 0 Å². The first-order chi connectivity index (χ1) is 7.33. The number of ether oxygens (including phenoxy) is 2. The van der Waals surface area contributed by atoms with Gasteiger partial charge in [0.1, 0.15) is 5.58 Å². The van der Waals surface area contributed by atoms with Crippen molar-refractivity contribution in [2.75, 3.05) is 13.2 Å². The van der Waals surface area contributed by atoms with Gasteiger partial charge in [0.25, 0.3) is 6.01 Å². The summed E-state index contributed by atoms with van der Waals surface area (Å²) in [6.45, 7) is 1.20. The minimum absolute atomic E-state index is 0.327. The van der Waals surface area contributed by atoms with E-state index in [2.05, 4.69) is 0 Å². The summed E-state index contributed by atoms with van der Waals surface area (Å²) in [6.07, 6.45) is -0.327. The van der Waals surface area contributed by atoms with E-state index in [4.69, 9.17) is 13.9 Å². The molecule has 0 unspecified atom stereocenters. The number of hydrogen-bond acceptors (Lipinski definition) is 3. The van der Waals surface area contributed by atoms with Gasteiger partial charge in [-0.2, -0.15) is 4.39 Å². The maximum Gasteiger partial charge on any atom is 0.278 e. The summed E-state index contributed by atoms with van der Waals surface area (Å²) in [7, 11) is 0. The standard InChI is InChI=1S/C11H9FO3/c12-10-6-8-5-7(1-2-9(8)15-10)11-13-3-4-14-11/h1-2,5-6,11H,3-4H2. The third kappa shape index (κ3) is 1.52. The quantitative estimate of drug-likeness (QED) is 0.721. The van der Waals surface area contributed by atoms with Crippen molar-refractivity contribution >= 4 is 11.0 Å². The average molecular weight is 208 g/mol. The van der Waals surface area contributed by atoms with Crippen molar-refractivity contribution in [3.8, 4) is 0 Å². The Balaban J connectivity index is 2.04. The van der Waals surface area contributed by atoms with Crippen molar-refractivity contribution in [3.05, 3.63) is 35.8 Å². The van der Waals surface area contributed by atoms with E-state index in [-0.39, 0.29) is 6.29 Å². The minimum atomic E-state index is -0.574. The molecule has 0 N–H and O–H groups in total. The molecule has 15 heavy (non-hydrogen) atoms. The summed E-state index contributed by atoms with van der Waals surface area (Å²) < 4.78 is 28.3. The van der Waals surface area contributed by atoms with Crippen LogP contribution in [0.2, 0.25) is 0 Å². The molecule has 1 saturated heterocycles. The lowest BCUT2D eigenvalue weighted by atomic mass is 10.1. The van der Waals surface area contributed by atoms with Crippen molar-refractivity contribution in [1.29, 1.82) is 0 Å². The first-order valence-electron chi connectivity index (χ1n) is 4.75. The predicted octanol–water partition coefficient (Wildman–Crippen LogP) is 2.62. The Kier molecular flexibility index (Phi) is 1.97. The Bertz CT molecular complexity index is 486. The lowest BCUT2D eigenvalue weighted by Crippen LogP contribution is -1.96. The molecule has 1 aromatic carbocycles. The van der Waals surface area contributed by atoms with Crippen LogP contribution in [0.25, 0.3) is 11.0 Å². The van der Waals surface area contributed by atoms with E-state index in [1.807, 2.05) is 12.1 Å². The molecule has 1 aromatic heterocycles. The second-order valence-corrected chi connectivity index (χ2v) is 3.42. The van der Waals surface area contributed by atoms with Crippen LogP contribution in [0.1, 0.15) is 11.9 Å². The lowest BCUT2D eigenvalue weighted by molar-refractivity contribution is -0.0440. The highest BCUT2D eigenvalue weighted by Crippen LogP contribution is 2.27. The maximum atomic E-state index is 12.8. The zero-order chi connectivity index (χ0) is 10.3. The normalized spacial score (nSPS) is 17.7. The van der Waals surface area contributed by atoms with Crippen molar-refractivity contribution in [1.82, 2.24) is 0 Å². The minimum Gasteiger partial charge on any atom is -0.431 e. The van der Waals surface area contributed by atoms with Crippen LogP contribution in [0.15, 0.2) is 28.7 Å². The average Bonchev–Trinajstić information content (AvgIpc) is 2.82. The number of halogens is 1. The number of benzene rings is 1. The highest BCUT2D eigenvalue weighted by molar-refractivity contribution is 5.77. The maximum absolute atomic E-state index is 12.8. The Hall–Kier alpha value is -1.39. The van der Waals surface area contributed by atoms with Crippen LogP contribution in [-0.4, -0.2) is 13.2 Å². The van der Waals surface area contributed by atoms with Crippen LogP contribution in [0.3, 0.4) is 0 Å². The van der Waals surface area contributed by atoms with Crippen molar-refractivity contribution in [2.45, 2.75) is 6.29 Å². The second-order valence-electron chi connectivity index (χ2n) is 3.42. The summed E-state index contributed by atoms with van der Waals surface area (Å²) in [6, 6.07) is 6.14. The van der Waals surface area contributed by atoms with Gasteiger partial charge in [-0.05, 0) is 12.1 Å². The van der Waals surface area contributed by atoms with Gasteiger partial charge in [0.05, 0.1) is 13.2 Å². The molecule has 0 radical (unpaired) electrons. The van der Waals surface area contributed by atoms with Gasteiger partial charge in [-0.25, -0.2) is 0 Å². The lowest BCUT2D eigenvalue weighted by Gasteiger charge is -2.08. The van der Waals surface area contributed by atoms with E-state index in [9.17, 15) is 4.39 Å². The summed E-state index contributed by atoms with van der Waals surface area (Å²) >= 11 is 0. The molecular formula is C11H9FO3. The van der Waals surface area contributed by atoms with Crippen LogP contribution in [0, 0.1) is 6.01 Å². The number of furan rings is 1. The van der Waals surface area contributed by atoms with Crippen LogP contribution in [0.4, 0.5) is 4.39 Å². The van der Waals surface area contributed by atoms with Gasteiger partial charge in [0, 0.05) is 17.0 Å². The van der Waals surface area contributed by atoms with Gasteiger partial charge >= 0.3 is 0 Å². The molecule has 4 heteroatoms. The number of fused-ring (bicyclic) bond motifs is 1. The fourth-order valence-corrected chi connectivity index (χ4v) is 1.73.